The second-order valence-electron chi connectivity index (χ2n) is 6.65. The molecule has 1 heterocycles. The fourth-order valence-corrected chi connectivity index (χ4v) is 2.93. The first-order chi connectivity index (χ1) is 12.7. The van der Waals surface area contributed by atoms with E-state index < -0.39 is 6.10 Å². The van der Waals surface area contributed by atoms with E-state index in [0.717, 1.165) is 24.6 Å². The number of aliphatic hydroxyl groups is 1. The quantitative estimate of drug-likeness (QED) is 0.787. The molecule has 2 atom stereocenters. The minimum atomic E-state index is -0.535. The van der Waals surface area contributed by atoms with Crippen molar-refractivity contribution in [1.82, 2.24) is 4.90 Å². The molecule has 5 nitrogen and oxygen atoms in total. The summed E-state index contributed by atoms with van der Waals surface area (Å²) < 4.78 is 17.2. The van der Waals surface area contributed by atoms with Crippen molar-refractivity contribution in [2.75, 3.05) is 39.5 Å². The van der Waals surface area contributed by atoms with Crippen LogP contribution in [-0.2, 0) is 4.74 Å². The van der Waals surface area contributed by atoms with E-state index in [2.05, 4.69) is 11.8 Å². The Kier molecular flexibility index (Phi) is 6.89. The monoisotopic (exact) mass is 357 g/mol. The normalized spacial score (nSPS) is 19.1. The Hall–Kier alpha value is -2.08. The number of ether oxygens (including phenoxy) is 3. The fraction of sp³-hybridized carbons (Fsp3) is 0.429. The number of aryl methyl sites for hydroxylation is 1. The highest BCUT2D eigenvalue weighted by atomic mass is 16.5. The van der Waals surface area contributed by atoms with Gasteiger partial charge >= 0.3 is 0 Å². The van der Waals surface area contributed by atoms with Gasteiger partial charge in [-0.25, -0.2) is 0 Å². The number of morpholine rings is 1. The van der Waals surface area contributed by atoms with Gasteiger partial charge in [-0.15, -0.1) is 0 Å². The Morgan fingerprint density at radius 2 is 1.81 bits per heavy atom. The number of nitrogens with zero attached hydrogens (tertiary/aromatic N) is 1. The van der Waals surface area contributed by atoms with E-state index in [0.29, 0.717) is 19.8 Å². The van der Waals surface area contributed by atoms with Gasteiger partial charge in [-0.3, -0.25) is 4.90 Å². The first-order valence-corrected chi connectivity index (χ1v) is 9.08. The van der Waals surface area contributed by atoms with Crippen LogP contribution in [0.1, 0.15) is 5.56 Å². The van der Waals surface area contributed by atoms with Gasteiger partial charge in [-0.1, -0.05) is 35.9 Å². The number of hydrogen-bond donors (Lipinski definition) is 1. The lowest BCUT2D eigenvalue weighted by Crippen LogP contribution is -2.48. The molecule has 1 saturated heterocycles. The number of rotatable bonds is 8. The van der Waals surface area contributed by atoms with Gasteiger partial charge in [-0.05, 0) is 31.2 Å². The first kappa shape index (κ1) is 18.7. The summed E-state index contributed by atoms with van der Waals surface area (Å²) in [5, 5.41) is 10.2. The lowest BCUT2D eigenvalue weighted by Gasteiger charge is -2.33. The molecule has 0 spiro atoms. The Balaban J connectivity index is 1.39. The molecular weight excluding hydrogens is 330 g/mol. The smallest absolute Gasteiger partial charge is 0.119 e. The Labute approximate surface area is 155 Å². The zero-order chi connectivity index (χ0) is 18.2. The van der Waals surface area contributed by atoms with E-state index in [9.17, 15) is 5.11 Å². The largest absolute Gasteiger partial charge is 0.491 e. The zero-order valence-corrected chi connectivity index (χ0v) is 15.2. The van der Waals surface area contributed by atoms with Crippen molar-refractivity contribution < 1.29 is 19.3 Å². The number of para-hydroxylation sites is 1. The third kappa shape index (κ3) is 6.02. The second kappa shape index (κ2) is 9.57. The number of benzene rings is 2. The summed E-state index contributed by atoms with van der Waals surface area (Å²) in [6.45, 7) is 5.61. The molecule has 1 N–H and O–H groups in total. The maximum Gasteiger partial charge on any atom is 0.119 e. The van der Waals surface area contributed by atoms with Crippen LogP contribution in [0.5, 0.6) is 11.5 Å². The van der Waals surface area contributed by atoms with Crippen molar-refractivity contribution in [3.63, 3.8) is 0 Å². The van der Waals surface area contributed by atoms with Gasteiger partial charge in [0, 0.05) is 19.6 Å². The van der Waals surface area contributed by atoms with Gasteiger partial charge in [0.25, 0.3) is 0 Å². The summed E-state index contributed by atoms with van der Waals surface area (Å²) in [4.78, 5) is 2.20. The number of β-amino-alcohol motifs (C(OH)–C–C–N with tert-alkyl or cyclic N) is 1. The van der Waals surface area contributed by atoms with Crippen LogP contribution in [0.2, 0.25) is 0 Å². The van der Waals surface area contributed by atoms with Gasteiger partial charge in [-0.2, -0.15) is 0 Å². The SMILES string of the molecule is Cc1ccc(OC[C@H]2CN(C[C@@H](O)COc3ccccc3)CCO2)cc1. The molecule has 1 fully saturated rings. The van der Waals surface area contributed by atoms with Crippen LogP contribution >= 0.6 is 0 Å². The second-order valence-corrected chi connectivity index (χ2v) is 6.65. The maximum atomic E-state index is 10.2. The Morgan fingerprint density at radius 1 is 1.08 bits per heavy atom. The minimum absolute atomic E-state index is 0.00675. The molecular formula is C21H27NO4. The van der Waals surface area contributed by atoms with Crippen molar-refractivity contribution in [1.29, 1.82) is 0 Å². The topological polar surface area (TPSA) is 51.2 Å². The summed E-state index contributed by atoms with van der Waals surface area (Å²) in [7, 11) is 0. The molecule has 0 unspecified atom stereocenters. The lowest BCUT2D eigenvalue weighted by atomic mass is 10.2. The third-order valence-corrected chi connectivity index (χ3v) is 4.33. The van der Waals surface area contributed by atoms with E-state index in [4.69, 9.17) is 14.2 Å². The molecule has 140 valence electrons. The fourth-order valence-electron chi connectivity index (χ4n) is 2.93. The molecule has 0 aromatic heterocycles. The van der Waals surface area contributed by atoms with Crippen LogP contribution in [0.15, 0.2) is 54.6 Å². The van der Waals surface area contributed by atoms with Crippen LogP contribution in [0.3, 0.4) is 0 Å². The molecule has 5 heteroatoms. The molecule has 0 bridgehead atoms. The van der Waals surface area contributed by atoms with Gasteiger partial charge in [0.15, 0.2) is 0 Å². The van der Waals surface area contributed by atoms with E-state index in [1.807, 2.05) is 54.6 Å². The summed E-state index contributed by atoms with van der Waals surface area (Å²) in [5.41, 5.74) is 1.21. The molecule has 2 aromatic carbocycles. The average Bonchev–Trinajstić information content (AvgIpc) is 2.67. The highest BCUT2D eigenvalue weighted by molar-refractivity contribution is 5.26. The lowest BCUT2D eigenvalue weighted by molar-refractivity contribution is -0.0601. The van der Waals surface area contributed by atoms with Crippen LogP contribution in [-0.4, -0.2) is 61.7 Å². The summed E-state index contributed by atoms with van der Waals surface area (Å²) in [6.07, 6.45) is -0.528. The molecule has 2 aromatic rings. The van der Waals surface area contributed by atoms with Crippen molar-refractivity contribution >= 4 is 0 Å². The van der Waals surface area contributed by atoms with Gasteiger partial charge in [0.1, 0.15) is 36.9 Å². The van der Waals surface area contributed by atoms with Crippen molar-refractivity contribution in [3.05, 3.63) is 60.2 Å². The first-order valence-electron chi connectivity index (χ1n) is 9.08. The van der Waals surface area contributed by atoms with Crippen LogP contribution < -0.4 is 9.47 Å². The molecule has 3 rings (SSSR count). The summed E-state index contributed by atoms with van der Waals surface area (Å²) >= 11 is 0. The molecule has 0 radical (unpaired) electrons. The van der Waals surface area contributed by atoms with Crippen LogP contribution in [0, 0.1) is 6.92 Å². The molecule has 1 aliphatic heterocycles. The van der Waals surface area contributed by atoms with Crippen molar-refractivity contribution in [2.24, 2.45) is 0 Å². The van der Waals surface area contributed by atoms with Crippen molar-refractivity contribution in [2.45, 2.75) is 19.1 Å². The Morgan fingerprint density at radius 3 is 2.58 bits per heavy atom. The van der Waals surface area contributed by atoms with Crippen molar-refractivity contribution in [3.8, 4) is 11.5 Å². The standard InChI is InChI=1S/C21H27NO4/c1-17-7-9-20(10-8-17)26-16-21-14-22(11-12-24-21)13-18(23)15-25-19-5-3-2-4-6-19/h2-10,18,21,23H,11-16H2,1H3/t18-,21-/m1/s1. The van der Waals surface area contributed by atoms with Crippen LogP contribution in [0.4, 0.5) is 0 Å². The minimum Gasteiger partial charge on any atom is -0.491 e. The van der Waals surface area contributed by atoms with E-state index >= 15 is 0 Å². The predicted molar refractivity (Wildman–Crippen MR) is 101 cm³/mol. The predicted octanol–water partition coefficient (Wildman–Crippen LogP) is 2.51. The molecule has 0 amide bonds. The highest BCUT2D eigenvalue weighted by Gasteiger charge is 2.23. The van der Waals surface area contributed by atoms with Gasteiger partial charge in [0.05, 0.1) is 6.61 Å². The van der Waals surface area contributed by atoms with Gasteiger partial charge in [0.2, 0.25) is 0 Å². The summed E-state index contributed by atoms with van der Waals surface area (Å²) in [5.74, 6) is 1.63. The Bertz CT molecular complexity index is 647. The molecule has 0 saturated carbocycles. The zero-order valence-electron chi connectivity index (χ0n) is 15.2. The van der Waals surface area contributed by atoms with Crippen LogP contribution in [0.25, 0.3) is 0 Å². The summed E-state index contributed by atoms with van der Waals surface area (Å²) in [6, 6.07) is 17.6. The van der Waals surface area contributed by atoms with E-state index in [1.165, 1.54) is 5.56 Å². The average molecular weight is 357 g/mol. The molecule has 0 aliphatic carbocycles. The highest BCUT2D eigenvalue weighted by Crippen LogP contribution is 2.14. The number of hydrogen-bond acceptors (Lipinski definition) is 5. The van der Waals surface area contributed by atoms with E-state index in [-0.39, 0.29) is 12.7 Å². The third-order valence-electron chi connectivity index (χ3n) is 4.33. The number of aliphatic hydroxyl groups excluding tert-OH is 1. The molecule has 1 aliphatic rings. The van der Waals surface area contributed by atoms with Gasteiger partial charge < -0.3 is 19.3 Å². The molecule has 26 heavy (non-hydrogen) atoms. The maximum absolute atomic E-state index is 10.2. The van der Waals surface area contributed by atoms with E-state index in [1.54, 1.807) is 0 Å².